The first-order valence-corrected chi connectivity index (χ1v) is 13.3. The zero-order valence-corrected chi connectivity index (χ0v) is 20.7. The number of thiazole rings is 1. The van der Waals surface area contributed by atoms with Gasteiger partial charge in [0.05, 0.1) is 10.7 Å². The second kappa shape index (κ2) is 9.79. The molecule has 0 radical (unpaired) electrons. The van der Waals surface area contributed by atoms with Gasteiger partial charge in [-0.05, 0) is 63.3 Å². The maximum absolute atomic E-state index is 6.46. The van der Waals surface area contributed by atoms with Crippen LogP contribution in [0.15, 0.2) is 48.7 Å². The maximum Gasteiger partial charge on any atom is 0.240 e. The first-order valence-electron chi connectivity index (χ1n) is 12.4. The molecule has 1 saturated heterocycles. The summed E-state index contributed by atoms with van der Waals surface area (Å²) in [5.74, 6) is 2.83. The minimum absolute atomic E-state index is 0.344. The van der Waals surface area contributed by atoms with E-state index in [-0.39, 0.29) is 0 Å². The van der Waals surface area contributed by atoms with Crippen LogP contribution < -0.4 is 20.7 Å². The number of hydrogen-bond donors (Lipinski definition) is 3. The first kappa shape index (κ1) is 22.2. The molecular formula is C27H30N6OS. The van der Waals surface area contributed by atoms with Gasteiger partial charge in [-0.15, -0.1) is 11.3 Å². The molecular weight excluding hydrogens is 456 g/mol. The molecule has 0 spiro atoms. The molecule has 2 aromatic carbocycles. The van der Waals surface area contributed by atoms with Gasteiger partial charge in [-0.2, -0.15) is 0 Å². The molecule has 180 valence electrons. The molecule has 3 heterocycles. The van der Waals surface area contributed by atoms with Crippen LogP contribution in [0.25, 0.3) is 21.3 Å². The quantitative estimate of drug-likeness (QED) is 0.288. The Kier molecular flexibility index (Phi) is 6.22. The number of nitrogens with zero attached hydrogens (tertiary/aromatic N) is 3. The van der Waals surface area contributed by atoms with Crippen molar-refractivity contribution in [3.8, 4) is 22.2 Å². The second-order valence-corrected chi connectivity index (χ2v) is 10.6. The van der Waals surface area contributed by atoms with E-state index in [4.69, 9.17) is 14.7 Å². The van der Waals surface area contributed by atoms with Crippen LogP contribution in [0, 0.1) is 12.8 Å². The third-order valence-electron chi connectivity index (χ3n) is 6.59. The van der Waals surface area contributed by atoms with Crippen molar-refractivity contribution in [3.63, 3.8) is 0 Å². The summed E-state index contributed by atoms with van der Waals surface area (Å²) < 4.78 is 6.46. The molecule has 1 aliphatic heterocycles. The molecule has 1 saturated carbocycles. The molecule has 0 amide bonds. The van der Waals surface area contributed by atoms with E-state index in [1.165, 1.54) is 12.8 Å². The number of ether oxygens (including phenoxy) is 1. The Morgan fingerprint density at radius 3 is 2.77 bits per heavy atom. The fourth-order valence-corrected chi connectivity index (χ4v) is 5.36. The predicted octanol–water partition coefficient (Wildman–Crippen LogP) is 5.84. The zero-order chi connectivity index (χ0) is 23.6. The van der Waals surface area contributed by atoms with Gasteiger partial charge in [0.25, 0.3) is 0 Å². The third-order valence-corrected chi connectivity index (χ3v) is 7.56. The number of aromatic nitrogens is 3. The van der Waals surface area contributed by atoms with Crippen molar-refractivity contribution in [2.24, 2.45) is 5.92 Å². The number of rotatable bonds is 8. The van der Waals surface area contributed by atoms with Crippen molar-refractivity contribution in [2.75, 3.05) is 30.3 Å². The number of aryl methyl sites for hydroxylation is 1. The fourth-order valence-electron chi connectivity index (χ4n) is 4.55. The SMILES string of the molecule is Cc1nc(Oc2ccc(NCC3CC3)c3ccccc23)c(-c2ccnc(NC3CCCNC3)n2)s1. The normalized spacial score (nSPS) is 17.9. The van der Waals surface area contributed by atoms with E-state index in [2.05, 4.69) is 51.3 Å². The van der Waals surface area contributed by atoms with Crippen molar-refractivity contribution in [1.29, 1.82) is 0 Å². The fraction of sp³-hybridized carbons (Fsp3) is 0.370. The van der Waals surface area contributed by atoms with Gasteiger partial charge in [-0.25, -0.2) is 15.0 Å². The molecule has 1 unspecified atom stereocenters. The van der Waals surface area contributed by atoms with Crippen LogP contribution in [0.5, 0.6) is 11.6 Å². The highest BCUT2D eigenvalue weighted by atomic mass is 32.1. The maximum atomic E-state index is 6.46. The van der Waals surface area contributed by atoms with Gasteiger partial charge in [-0.3, -0.25) is 0 Å². The molecule has 1 aliphatic carbocycles. The standard InChI is InChI=1S/C27H30N6OS/c1-17-31-26(25(35-17)23-12-14-29-27(33-23)32-19-5-4-13-28-16-19)34-24-11-10-22(30-15-18-8-9-18)20-6-2-3-7-21(20)24/h2-3,6-7,10-12,14,18-19,28,30H,4-5,8-9,13,15-16H2,1H3,(H,29,32,33). The lowest BCUT2D eigenvalue weighted by molar-refractivity contribution is 0.472. The summed E-state index contributed by atoms with van der Waals surface area (Å²) in [6.07, 6.45) is 6.74. The van der Waals surface area contributed by atoms with Crippen LogP contribution in [-0.2, 0) is 0 Å². The molecule has 8 heteroatoms. The molecule has 1 atom stereocenters. The monoisotopic (exact) mass is 486 g/mol. The van der Waals surface area contributed by atoms with E-state index in [1.807, 2.05) is 19.1 Å². The van der Waals surface area contributed by atoms with Gasteiger partial charge >= 0.3 is 0 Å². The van der Waals surface area contributed by atoms with E-state index in [0.29, 0.717) is 17.9 Å². The summed E-state index contributed by atoms with van der Waals surface area (Å²) >= 11 is 1.59. The van der Waals surface area contributed by atoms with Crippen LogP contribution in [0.3, 0.4) is 0 Å². The Balaban J connectivity index is 1.28. The molecule has 7 nitrogen and oxygen atoms in total. The summed E-state index contributed by atoms with van der Waals surface area (Å²) in [7, 11) is 0. The van der Waals surface area contributed by atoms with Crippen molar-refractivity contribution >= 4 is 33.7 Å². The van der Waals surface area contributed by atoms with Gasteiger partial charge in [0.2, 0.25) is 11.8 Å². The molecule has 2 aliphatic rings. The highest BCUT2D eigenvalue weighted by Gasteiger charge is 2.22. The lowest BCUT2D eigenvalue weighted by Gasteiger charge is -2.23. The second-order valence-electron chi connectivity index (χ2n) is 9.40. The minimum Gasteiger partial charge on any atom is -0.437 e. The number of hydrogen-bond acceptors (Lipinski definition) is 8. The Bertz CT molecular complexity index is 1330. The smallest absolute Gasteiger partial charge is 0.240 e. The molecule has 2 fully saturated rings. The molecule has 35 heavy (non-hydrogen) atoms. The highest BCUT2D eigenvalue weighted by Crippen LogP contribution is 2.40. The van der Waals surface area contributed by atoms with Crippen molar-refractivity contribution in [1.82, 2.24) is 20.3 Å². The summed E-state index contributed by atoms with van der Waals surface area (Å²) in [6, 6.07) is 14.8. The van der Waals surface area contributed by atoms with E-state index in [0.717, 1.165) is 76.2 Å². The minimum atomic E-state index is 0.344. The Morgan fingerprint density at radius 1 is 1.06 bits per heavy atom. The van der Waals surface area contributed by atoms with Gasteiger partial charge in [0.1, 0.15) is 10.6 Å². The summed E-state index contributed by atoms with van der Waals surface area (Å²) in [5, 5.41) is 13.7. The van der Waals surface area contributed by atoms with E-state index in [1.54, 1.807) is 17.5 Å². The summed E-state index contributed by atoms with van der Waals surface area (Å²) in [6.45, 7) is 5.03. The molecule has 4 aromatic rings. The largest absolute Gasteiger partial charge is 0.437 e. The lowest BCUT2D eigenvalue weighted by Crippen LogP contribution is -2.38. The number of piperidine rings is 1. The van der Waals surface area contributed by atoms with Gasteiger partial charge in [0.15, 0.2) is 0 Å². The number of fused-ring (bicyclic) bond motifs is 1. The number of anilines is 2. The summed E-state index contributed by atoms with van der Waals surface area (Å²) in [5.41, 5.74) is 1.97. The highest BCUT2D eigenvalue weighted by molar-refractivity contribution is 7.15. The van der Waals surface area contributed by atoms with Crippen molar-refractivity contribution < 1.29 is 4.74 Å². The van der Waals surface area contributed by atoms with Crippen LogP contribution in [-0.4, -0.2) is 40.6 Å². The first-order chi connectivity index (χ1) is 17.2. The topological polar surface area (TPSA) is 84.0 Å². The number of nitrogens with one attached hydrogen (secondary N) is 3. The molecule has 6 rings (SSSR count). The van der Waals surface area contributed by atoms with Gasteiger partial charge in [0, 0.05) is 41.8 Å². The third kappa shape index (κ3) is 5.09. The van der Waals surface area contributed by atoms with Crippen LogP contribution in [0.1, 0.15) is 30.7 Å². The van der Waals surface area contributed by atoms with Gasteiger partial charge in [-0.1, -0.05) is 24.3 Å². The van der Waals surface area contributed by atoms with Crippen LogP contribution >= 0.6 is 11.3 Å². The lowest BCUT2D eigenvalue weighted by atomic mass is 10.1. The average molecular weight is 487 g/mol. The van der Waals surface area contributed by atoms with Crippen LogP contribution in [0.4, 0.5) is 11.6 Å². The molecule has 2 aromatic heterocycles. The van der Waals surface area contributed by atoms with Crippen LogP contribution in [0.2, 0.25) is 0 Å². The van der Waals surface area contributed by atoms with E-state index in [9.17, 15) is 0 Å². The van der Waals surface area contributed by atoms with E-state index < -0.39 is 0 Å². The Hall–Kier alpha value is -3.23. The molecule has 3 N–H and O–H groups in total. The van der Waals surface area contributed by atoms with Gasteiger partial charge < -0.3 is 20.7 Å². The van der Waals surface area contributed by atoms with E-state index >= 15 is 0 Å². The molecule has 0 bridgehead atoms. The van der Waals surface area contributed by atoms with Crippen molar-refractivity contribution in [2.45, 2.75) is 38.6 Å². The van der Waals surface area contributed by atoms with Crippen molar-refractivity contribution in [3.05, 3.63) is 53.7 Å². The zero-order valence-electron chi connectivity index (χ0n) is 19.9. The Morgan fingerprint density at radius 2 is 1.94 bits per heavy atom. The Labute approximate surface area is 209 Å². The number of benzene rings is 2. The summed E-state index contributed by atoms with van der Waals surface area (Å²) in [4.78, 5) is 14.9. The predicted molar refractivity (Wildman–Crippen MR) is 143 cm³/mol. The average Bonchev–Trinajstić information content (AvgIpc) is 3.65.